The van der Waals surface area contributed by atoms with Crippen LogP contribution in [0.4, 0.5) is 10.5 Å². The van der Waals surface area contributed by atoms with Crippen LogP contribution in [0, 0.1) is 11.8 Å². The molecule has 1 aliphatic heterocycles. The highest BCUT2D eigenvalue weighted by atomic mass is 16.6. The Kier molecular flexibility index (Phi) is 29.3. The maximum atomic E-state index is 13.4. The van der Waals surface area contributed by atoms with Gasteiger partial charge in [0.05, 0.1) is 78.6 Å². The van der Waals surface area contributed by atoms with E-state index in [1.165, 1.54) is 12.2 Å². The quantitative estimate of drug-likeness (QED) is 0.0358. The maximum Gasteiger partial charge on any atom is 0.312 e. The van der Waals surface area contributed by atoms with Gasteiger partial charge in [-0.15, -0.1) is 0 Å². The first kappa shape index (κ1) is 56.8. The lowest BCUT2D eigenvalue weighted by Gasteiger charge is -2.25. The summed E-state index contributed by atoms with van der Waals surface area (Å²) in [5.41, 5.74) is 6.34. The molecule has 2 rings (SSSR count). The van der Waals surface area contributed by atoms with Crippen molar-refractivity contribution in [2.75, 3.05) is 97.7 Å². The van der Waals surface area contributed by atoms with E-state index in [-0.39, 0.29) is 82.4 Å². The van der Waals surface area contributed by atoms with Gasteiger partial charge in [-0.25, -0.2) is 4.79 Å². The summed E-state index contributed by atoms with van der Waals surface area (Å²) in [4.78, 5) is 98.6. The van der Waals surface area contributed by atoms with Gasteiger partial charge in [0.25, 0.3) is 11.8 Å². The molecule has 7 amide bonds. The van der Waals surface area contributed by atoms with Crippen LogP contribution in [0.5, 0.6) is 0 Å². The van der Waals surface area contributed by atoms with Gasteiger partial charge in [-0.1, -0.05) is 39.8 Å². The van der Waals surface area contributed by atoms with Crippen molar-refractivity contribution >= 4 is 53.0 Å². The molecule has 0 aliphatic carbocycles. The number of carbonyl (C=O) groups excluding carboxylic acids is 8. The number of benzene rings is 1. The lowest BCUT2D eigenvalue weighted by molar-refractivity contribution is -0.148. The molecule has 6 N–H and O–H groups in total. The molecule has 1 aliphatic rings. The molecule has 0 spiro atoms. The molecule has 1 aromatic carbocycles. The molecular formula is C45H70N6O15. The van der Waals surface area contributed by atoms with Crippen LogP contribution in [0.1, 0.15) is 71.8 Å². The summed E-state index contributed by atoms with van der Waals surface area (Å²) in [7, 11) is 0. The van der Waals surface area contributed by atoms with Gasteiger partial charge in [-0.3, -0.25) is 38.5 Å². The van der Waals surface area contributed by atoms with Crippen LogP contribution < -0.4 is 27.0 Å². The summed E-state index contributed by atoms with van der Waals surface area (Å²) in [6.45, 7) is 11.4. The van der Waals surface area contributed by atoms with Gasteiger partial charge < -0.3 is 60.2 Å². The summed E-state index contributed by atoms with van der Waals surface area (Å²) in [5, 5.41) is 10.7. The Morgan fingerprint density at radius 2 is 1.17 bits per heavy atom. The Bertz CT molecular complexity index is 1670. The third-order valence-electron chi connectivity index (χ3n) is 9.53. The smallest absolute Gasteiger partial charge is 0.312 e. The van der Waals surface area contributed by atoms with Gasteiger partial charge >= 0.3 is 12.0 Å². The number of hydrogen-bond donors (Lipinski definition) is 5. The minimum absolute atomic E-state index is 0.00687. The fraction of sp³-hybridized carbons (Fsp3) is 0.644. The minimum Gasteiger partial charge on any atom is -0.461 e. The number of rotatable bonds is 38. The standard InChI is InChI=1S/C45H70N6O15/c1-32(2)41(43(57)49-37(8-5-17-47-45(46)59)42(56)48-35-11-9-34(10-12-35)31-66-44(58)33(3)4)50-38(53)16-20-61-22-24-63-26-28-65-30-29-64-27-25-62-23-21-60-19-6-7-36(52)15-18-51-39(54)13-14-40(51)55/h9-14,32-33,37,41H,5-8,15-31H2,1-4H3,(H,48,56)(H,49,57)(H,50,53)(H3,46,47,59)/t37-,41-/m0/s1. The van der Waals surface area contributed by atoms with E-state index in [0.29, 0.717) is 84.4 Å². The predicted molar refractivity (Wildman–Crippen MR) is 239 cm³/mol. The lowest BCUT2D eigenvalue weighted by Crippen LogP contribution is -2.54. The number of hydrogen-bond acceptors (Lipinski definition) is 15. The van der Waals surface area contributed by atoms with Gasteiger partial charge in [0, 0.05) is 56.8 Å². The van der Waals surface area contributed by atoms with Crippen molar-refractivity contribution in [3.05, 3.63) is 42.0 Å². The third kappa shape index (κ3) is 26.0. The first-order chi connectivity index (χ1) is 31.7. The van der Waals surface area contributed by atoms with Crippen molar-refractivity contribution < 1.29 is 71.5 Å². The SMILES string of the molecule is CC(C)C(=O)OCc1ccc(NC(=O)[C@H](CCCNC(N)=O)NC(=O)[C@@H](NC(=O)CCOCCOCCOCCOCCOCCOCCCC(=O)CCN2C(=O)C=CC2=O)C(C)C)cc1. The number of amides is 7. The monoisotopic (exact) mass is 934 g/mol. The van der Waals surface area contributed by atoms with Crippen molar-refractivity contribution in [1.82, 2.24) is 20.9 Å². The third-order valence-corrected chi connectivity index (χ3v) is 9.53. The second kappa shape index (κ2) is 34.1. The molecule has 0 saturated heterocycles. The first-order valence-corrected chi connectivity index (χ1v) is 22.4. The van der Waals surface area contributed by atoms with E-state index >= 15 is 0 Å². The number of Topliss-reactive ketones (excluding diaryl/α,β-unsaturated/α-hetero) is 1. The van der Waals surface area contributed by atoms with E-state index in [1.54, 1.807) is 52.0 Å². The molecule has 21 heteroatoms. The van der Waals surface area contributed by atoms with Crippen molar-refractivity contribution in [2.24, 2.45) is 17.6 Å². The molecule has 0 radical (unpaired) electrons. The highest BCUT2D eigenvalue weighted by Crippen LogP contribution is 2.14. The number of nitrogens with one attached hydrogen (secondary N) is 4. The Labute approximate surface area is 386 Å². The van der Waals surface area contributed by atoms with E-state index in [9.17, 15) is 38.4 Å². The lowest BCUT2D eigenvalue weighted by atomic mass is 10.0. The number of esters is 1. The average molecular weight is 935 g/mol. The van der Waals surface area contributed by atoms with E-state index in [1.807, 2.05) is 0 Å². The zero-order chi connectivity index (χ0) is 48.5. The average Bonchev–Trinajstić information content (AvgIpc) is 3.60. The number of nitrogens with two attached hydrogens (primary N) is 1. The van der Waals surface area contributed by atoms with Gasteiger partial charge in [0.15, 0.2) is 0 Å². The van der Waals surface area contributed by atoms with Crippen LogP contribution >= 0.6 is 0 Å². The largest absolute Gasteiger partial charge is 0.461 e. The van der Waals surface area contributed by atoms with E-state index in [2.05, 4.69) is 21.3 Å². The molecule has 21 nitrogen and oxygen atoms in total. The van der Waals surface area contributed by atoms with Crippen LogP contribution in [-0.2, 0) is 73.3 Å². The van der Waals surface area contributed by atoms with Crippen molar-refractivity contribution in [1.29, 1.82) is 0 Å². The fourth-order valence-corrected chi connectivity index (χ4v) is 5.81. The molecular weight excluding hydrogens is 865 g/mol. The molecule has 66 heavy (non-hydrogen) atoms. The zero-order valence-corrected chi connectivity index (χ0v) is 38.8. The number of carbonyl (C=O) groups is 8. The molecule has 0 unspecified atom stereocenters. The topological polar surface area (TPSA) is 279 Å². The second-order valence-corrected chi connectivity index (χ2v) is 15.7. The Balaban J connectivity index is 1.52. The maximum absolute atomic E-state index is 13.4. The highest BCUT2D eigenvalue weighted by molar-refractivity contribution is 6.13. The Morgan fingerprint density at radius 1 is 0.636 bits per heavy atom. The van der Waals surface area contributed by atoms with E-state index in [0.717, 1.165) is 10.5 Å². The van der Waals surface area contributed by atoms with Gasteiger partial charge in [-0.05, 0) is 42.9 Å². The first-order valence-electron chi connectivity index (χ1n) is 22.4. The molecule has 1 heterocycles. The minimum atomic E-state index is -1.01. The summed E-state index contributed by atoms with van der Waals surface area (Å²) in [6.07, 6.45) is 3.88. The number of nitrogens with zero attached hydrogens (tertiary/aromatic N) is 1. The van der Waals surface area contributed by atoms with Crippen LogP contribution in [0.3, 0.4) is 0 Å². The van der Waals surface area contributed by atoms with Crippen molar-refractivity contribution in [3.63, 3.8) is 0 Å². The molecule has 0 fully saturated rings. The highest BCUT2D eigenvalue weighted by Gasteiger charge is 2.29. The van der Waals surface area contributed by atoms with E-state index < -0.39 is 47.7 Å². The Hall–Kier alpha value is -5.32. The number of anilines is 1. The molecule has 1 aromatic rings. The van der Waals surface area contributed by atoms with Crippen LogP contribution in [0.15, 0.2) is 36.4 Å². The van der Waals surface area contributed by atoms with Crippen molar-refractivity contribution in [2.45, 2.75) is 84.9 Å². The normalized spacial score (nSPS) is 13.2. The second-order valence-electron chi connectivity index (χ2n) is 15.7. The number of urea groups is 1. The summed E-state index contributed by atoms with van der Waals surface area (Å²) in [6, 6.07) is 4.06. The van der Waals surface area contributed by atoms with Gasteiger partial charge in [0.2, 0.25) is 17.7 Å². The molecule has 370 valence electrons. The Morgan fingerprint density at radius 3 is 1.68 bits per heavy atom. The summed E-state index contributed by atoms with van der Waals surface area (Å²) < 4.78 is 38.2. The molecule has 0 aromatic heterocycles. The van der Waals surface area contributed by atoms with Crippen molar-refractivity contribution in [3.8, 4) is 0 Å². The van der Waals surface area contributed by atoms with Crippen LogP contribution in [0.2, 0.25) is 0 Å². The number of imide groups is 1. The molecule has 0 saturated carbocycles. The predicted octanol–water partition coefficient (Wildman–Crippen LogP) is 1.55. The zero-order valence-electron chi connectivity index (χ0n) is 38.8. The van der Waals surface area contributed by atoms with Gasteiger partial charge in [-0.2, -0.15) is 0 Å². The summed E-state index contributed by atoms with van der Waals surface area (Å²) in [5.74, 6) is -3.17. The van der Waals surface area contributed by atoms with E-state index in [4.69, 9.17) is 38.9 Å². The fourth-order valence-electron chi connectivity index (χ4n) is 5.81. The number of ether oxygens (including phenoxy) is 7. The van der Waals surface area contributed by atoms with Crippen LogP contribution in [-0.4, -0.2) is 157 Å². The number of ketones is 1. The van der Waals surface area contributed by atoms with Gasteiger partial charge in [0.1, 0.15) is 24.5 Å². The number of primary amides is 1. The molecule has 2 atom stereocenters. The molecule has 0 bridgehead atoms. The summed E-state index contributed by atoms with van der Waals surface area (Å²) >= 11 is 0. The van der Waals surface area contributed by atoms with Crippen LogP contribution in [0.25, 0.3) is 0 Å².